The second-order valence-corrected chi connectivity index (χ2v) is 6.11. The van der Waals surface area contributed by atoms with Crippen molar-refractivity contribution in [3.05, 3.63) is 29.8 Å². The van der Waals surface area contributed by atoms with Crippen molar-refractivity contribution in [1.29, 1.82) is 0 Å². The average molecular weight is 292 g/mol. The standard InChI is InChI=1S/C17H28N2O2/c1-14-5-4-9-19(10-8-14)12-16(20)13-21-17-7-3-2-6-15(17)11-18/h2-3,6-7,14,16,20H,4-5,8-13,18H2,1H3. The highest BCUT2D eigenvalue weighted by atomic mass is 16.5. The Balaban J connectivity index is 1.77. The van der Waals surface area contributed by atoms with E-state index in [4.69, 9.17) is 10.5 Å². The van der Waals surface area contributed by atoms with Crippen LogP contribution in [0.15, 0.2) is 24.3 Å². The lowest BCUT2D eigenvalue weighted by molar-refractivity contribution is 0.0687. The molecule has 4 heteroatoms. The summed E-state index contributed by atoms with van der Waals surface area (Å²) in [6.45, 7) is 5.95. The van der Waals surface area contributed by atoms with Gasteiger partial charge in [0.1, 0.15) is 18.5 Å². The number of β-amino-alcohol motifs (C(OH)–C–C–N with tert-alkyl or cyclic N) is 1. The van der Waals surface area contributed by atoms with Gasteiger partial charge in [-0.2, -0.15) is 0 Å². The molecule has 1 aliphatic rings. The largest absolute Gasteiger partial charge is 0.491 e. The molecule has 1 heterocycles. The maximum absolute atomic E-state index is 10.2. The monoisotopic (exact) mass is 292 g/mol. The molecule has 1 aliphatic heterocycles. The first-order valence-corrected chi connectivity index (χ1v) is 8.00. The van der Waals surface area contributed by atoms with Crippen molar-refractivity contribution < 1.29 is 9.84 Å². The number of para-hydroxylation sites is 1. The minimum absolute atomic E-state index is 0.322. The normalized spacial score (nSPS) is 21.8. The van der Waals surface area contributed by atoms with E-state index in [1.54, 1.807) is 0 Å². The number of aliphatic hydroxyl groups excluding tert-OH is 1. The van der Waals surface area contributed by atoms with Crippen molar-refractivity contribution in [2.24, 2.45) is 11.7 Å². The SMILES string of the molecule is CC1CCCN(CC(O)COc2ccccc2CN)CC1. The fourth-order valence-corrected chi connectivity index (χ4v) is 2.86. The molecule has 0 aliphatic carbocycles. The van der Waals surface area contributed by atoms with Crippen LogP contribution < -0.4 is 10.5 Å². The molecule has 1 fully saturated rings. The van der Waals surface area contributed by atoms with Crippen LogP contribution in [0.3, 0.4) is 0 Å². The number of ether oxygens (including phenoxy) is 1. The summed E-state index contributed by atoms with van der Waals surface area (Å²) in [4.78, 5) is 2.35. The Bertz CT molecular complexity index is 425. The van der Waals surface area contributed by atoms with Crippen LogP contribution in [0, 0.1) is 5.92 Å². The van der Waals surface area contributed by atoms with E-state index in [1.807, 2.05) is 24.3 Å². The molecule has 0 bridgehead atoms. The molecule has 0 amide bonds. The predicted molar refractivity (Wildman–Crippen MR) is 85.3 cm³/mol. The molecular weight excluding hydrogens is 264 g/mol. The van der Waals surface area contributed by atoms with Crippen LogP contribution in [-0.2, 0) is 6.54 Å². The summed E-state index contributed by atoms with van der Waals surface area (Å²) in [5.41, 5.74) is 6.67. The molecule has 21 heavy (non-hydrogen) atoms. The van der Waals surface area contributed by atoms with Crippen molar-refractivity contribution in [2.75, 3.05) is 26.2 Å². The van der Waals surface area contributed by atoms with Gasteiger partial charge in [-0.1, -0.05) is 25.1 Å². The summed E-state index contributed by atoms with van der Waals surface area (Å²) in [5.74, 6) is 1.59. The van der Waals surface area contributed by atoms with Gasteiger partial charge in [-0.05, 0) is 44.3 Å². The first-order chi connectivity index (χ1) is 10.2. The third-order valence-electron chi connectivity index (χ3n) is 4.20. The van der Waals surface area contributed by atoms with Gasteiger partial charge in [0.25, 0.3) is 0 Å². The molecule has 2 unspecified atom stereocenters. The van der Waals surface area contributed by atoms with Gasteiger partial charge in [-0.3, -0.25) is 0 Å². The number of hydrogen-bond donors (Lipinski definition) is 2. The van der Waals surface area contributed by atoms with Gasteiger partial charge in [0.2, 0.25) is 0 Å². The number of rotatable bonds is 6. The lowest BCUT2D eigenvalue weighted by Crippen LogP contribution is -2.36. The van der Waals surface area contributed by atoms with Crippen molar-refractivity contribution in [3.63, 3.8) is 0 Å². The van der Waals surface area contributed by atoms with Gasteiger partial charge in [-0.15, -0.1) is 0 Å². The lowest BCUT2D eigenvalue weighted by Gasteiger charge is -2.23. The number of hydrogen-bond acceptors (Lipinski definition) is 4. The summed E-state index contributed by atoms with van der Waals surface area (Å²) >= 11 is 0. The summed E-state index contributed by atoms with van der Waals surface area (Å²) < 4.78 is 5.73. The van der Waals surface area contributed by atoms with Crippen LogP contribution in [-0.4, -0.2) is 42.4 Å². The van der Waals surface area contributed by atoms with Crippen molar-refractivity contribution in [1.82, 2.24) is 4.90 Å². The highest BCUT2D eigenvalue weighted by Gasteiger charge is 2.17. The van der Waals surface area contributed by atoms with Crippen LogP contribution in [0.4, 0.5) is 0 Å². The van der Waals surface area contributed by atoms with E-state index in [2.05, 4.69) is 11.8 Å². The first-order valence-electron chi connectivity index (χ1n) is 8.00. The molecule has 1 aromatic carbocycles. The van der Waals surface area contributed by atoms with E-state index in [0.717, 1.165) is 30.3 Å². The second-order valence-electron chi connectivity index (χ2n) is 6.11. The molecule has 2 atom stereocenters. The number of benzene rings is 1. The molecule has 1 aromatic rings. The van der Waals surface area contributed by atoms with E-state index in [0.29, 0.717) is 19.7 Å². The third kappa shape index (κ3) is 5.30. The number of nitrogens with zero attached hydrogens (tertiary/aromatic N) is 1. The summed E-state index contributed by atoms with van der Waals surface area (Å²) in [6, 6.07) is 7.74. The van der Waals surface area contributed by atoms with Crippen LogP contribution in [0.2, 0.25) is 0 Å². The second kappa shape index (κ2) is 8.37. The minimum Gasteiger partial charge on any atom is -0.491 e. The fourth-order valence-electron chi connectivity index (χ4n) is 2.86. The van der Waals surface area contributed by atoms with E-state index in [1.165, 1.54) is 19.3 Å². The van der Waals surface area contributed by atoms with E-state index < -0.39 is 6.10 Å². The Morgan fingerprint density at radius 2 is 2.14 bits per heavy atom. The Labute approximate surface area is 127 Å². The average Bonchev–Trinajstić information content (AvgIpc) is 2.70. The molecule has 0 spiro atoms. The number of aliphatic hydroxyl groups is 1. The van der Waals surface area contributed by atoms with Crippen LogP contribution in [0.1, 0.15) is 31.7 Å². The van der Waals surface area contributed by atoms with Crippen LogP contribution in [0.25, 0.3) is 0 Å². The van der Waals surface area contributed by atoms with Gasteiger partial charge in [0.15, 0.2) is 0 Å². The zero-order valence-electron chi connectivity index (χ0n) is 13.0. The van der Waals surface area contributed by atoms with Gasteiger partial charge < -0.3 is 20.5 Å². The van der Waals surface area contributed by atoms with Crippen molar-refractivity contribution >= 4 is 0 Å². The van der Waals surface area contributed by atoms with Crippen molar-refractivity contribution in [2.45, 2.75) is 38.8 Å². The maximum atomic E-state index is 10.2. The molecule has 0 saturated carbocycles. The third-order valence-corrected chi connectivity index (χ3v) is 4.20. The molecule has 1 saturated heterocycles. The molecule has 2 rings (SSSR count). The summed E-state index contributed by atoms with van der Waals surface area (Å²) in [7, 11) is 0. The van der Waals surface area contributed by atoms with E-state index in [-0.39, 0.29) is 0 Å². The zero-order valence-corrected chi connectivity index (χ0v) is 13.0. The first kappa shape index (κ1) is 16.3. The van der Waals surface area contributed by atoms with Gasteiger partial charge >= 0.3 is 0 Å². The van der Waals surface area contributed by atoms with E-state index in [9.17, 15) is 5.11 Å². The van der Waals surface area contributed by atoms with Gasteiger partial charge in [0, 0.05) is 18.7 Å². The van der Waals surface area contributed by atoms with Crippen LogP contribution in [0.5, 0.6) is 5.75 Å². The Morgan fingerprint density at radius 3 is 2.95 bits per heavy atom. The minimum atomic E-state index is -0.454. The Kier molecular flexibility index (Phi) is 6.49. The molecular formula is C17H28N2O2. The summed E-state index contributed by atoms with van der Waals surface area (Å²) in [5, 5.41) is 10.2. The Morgan fingerprint density at radius 1 is 1.33 bits per heavy atom. The molecule has 0 aromatic heterocycles. The predicted octanol–water partition coefficient (Wildman–Crippen LogP) is 2.01. The highest BCUT2D eigenvalue weighted by molar-refractivity contribution is 5.32. The fraction of sp³-hybridized carbons (Fsp3) is 0.647. The quantitative estimate of drug-likeness (QED) is 0.842. The van der Waals surface area contributed by atoms with Gasteiger partial charge in [-0.25, -0.2) is 0 Å². The maximum Gasteiger partial charge on any atom is 0.123 e. The van der Waals surface area contributed by atoms with E-state index >= 15 is 0 Å². The van der Waals surface area contributed by atoms with Crippen LogP contribution >= 0.6 is 0 Å². The topological polar surface area (TPSA) is 58.7 Å². The number of nitrogens with two attached hydrogens (primary N) is 1. The van der Waals surface area contributed by atoms with Crippen molar-refractivity contribution in [3.8, 4) is 5.75 Å². The highest BCUT2D eigenvalue weighted by Crippen LogP contribution is 2.18. The molecule has 4 nitrogen and oxygen atoms in total. The molecule has 118 valence electrons. The number of likely N-dealkylation sites (tertiary alicyclic amines) is 1. The zero-order chi connectivity index (χ0) is 15.1. The summed E-state index contributed by atoms with van der Waals surface area (Å²) in [6.07, 6.45) is 3.30. The lowest BCUT2D eigenvalue weighted by atomic mass is 10.0. The Hall–Kier alpha value is -1.10. The smallest absolute Gasteiger partial charge is 0.123 e. The molecule has 3 N–H and O–H groups in total. The van der Waals surface area contributed by atoms with Gasteiger partial charge in [0.05, 0.1) is 0 Å². The molecule has 0 radical (unpaired) electrons.